The fraction of sp³-hybridized carbons (Fsp3) is 0.178. The van der Waals surface area contributed by atoms with Crippen LogP contribution < -0.4 is 9.80 Å². The van der Waals surface area contributed by atoms with Crippen LogP contribution in [0.15, 0.2) is 255 Å². The van der Waals surface area contributed by atoms with Crippen molar-refractivity contribution in [3.63, 3.8) is 0 Å². The van der Waals surface area contributed by atoms with Gasteiger partial charge in [0.1, 0.15) is 0 Å². The molecule has 0 spiro atoms. The van der Waals surface area contributed by atoms with Gasteiger partial charge in [-0.05, 0) is 149 Å². The topological polar surface area (TPSA) is 15.3 Å². The lowest BCUT2D eigenvalue weighted by atomic mass is 9.85. The molecule has 0 aliphatic carbocycles. The molecule has 13 aromatic carbocycles. The van der Waals surface area contributed by atoms with Gasteiger partial charge in [0.2, 0.25) is 0 Å². The predicted molar refractivity (Wildman–Crippen MR) is 406 cm³/mol. The maximum atomic E-state index is 2.67. The molecule has 0 bridgehead atoms. The Balaban J connectivity index is 0.966. The molecule has 4 heterocycles. The minimum absolute atomic E-state index is 0.0108. The van der Waals surface area contributed by atoms with Crippen molar-refractivity contribution in [3.8, 4) is 22.3 Å². The van der Waals surface area contributed by atoms with E-state index in [0.29, 0.717) is 0 Å². The van der Waals surface area contributed by atoms with Crippen molar-refractivity contribution in [2.24, 2.45) is 0 Å². The minimum Gasteiger partial charge on any atom is -0.309 e. The SMILES string of the molecule is CC(C)(C)c1ccc(N(c2ccccc2-c2ccc3ccccc3c2)c2ccc3c4cc5c(cc4n4c6c(C(C)(C)C)cccc6c2c34)c2ccc(N(c3ccc(C(C)(C)C)cc3)c3ccccc3-c3ccc4ccccc4c3)c3c4cccc(C(C)(C)C)c4n5c23)cc1. The van der Waals surface area contributed by atoms with Gasteiger partial charge >= 0.3 is 0 Å². The Labute approximate surface area is 551 Å². The second kappa shape index (κ2) is 20.5. The highest BCUT2D eigenvalue weighted by atomic mass is 15.2. The van der Waals surface area contributed by atoms with Gasteiger partial charge in [-0.1, -0.05) is 265 Å². The normalized spacial score (nSPS) is 12.9. The molecule has 0 radical (unpaired) electrons. The molecule has 17 rings (SSSR count). The summed E-state index contributed by atoms with van der Waals surface area (Å²) in [5.41, 5.74) is 23.8. The number of hydrogen-bond donors (Lipinski definition) is 0. The highest BCUT2D eigenvalue weighted by Gasteiger charge is 2.33. The monoisotopic (exact) mass is 1210 g/mol. The average molecular weight is 1220 g/mol. The first kappa shape index (κ1) is 57.5. The largest absolute Gasteiger partial charge is 0.309 e. The van der Waals surface area contributed by atoms with Gasteiger partial charge in [-0.2, -0.15) is 0 Å². The number of aromatic nitrogens is 2. The van der Waals surface area contributed by atoms with Crippen LogP contribution in [0.1, 0.15) is 105 Å². The lowest BCUT2D eigenvalue weighted by molar-refractivity contribution is 0.590. The van der Waals surface area contributed by atoms with E-state index in [-0.39, 0.29) is 21.7 Å². The van der Waals surface area contributed by atoms with E-state index in [4.69, 9.17) is 0 Å². The summed E-state index contributed by atoms with van der Waals surface area (Å²) in [7, 11) is 0. The van der Waals surface area contributed by atoms with Crippen molar-refractivity contribution in [2.75, 3.05) is 9.80 Å². The standard InChI is InChI=1S/C90H78N4/c1-87(2,3)61-39-43-63(44-40-61)91(75-33-19-17-27-65(75)59-37-35-55-23-13-15-25-57(55)51-59)77-49-47-67-71-53-80-72(54-79(71)93-83-69(81(77)85(67)93)29-21-31-73(83)89(7,8)9)68-48-50-78(82-70-30-22-32-74(90(10,11)12)84(70)94(80)86(68)82)92(64-45-41-62(42-46-64)88(4,5)6)76-34-20-18-28-66(76)60-38-36-56-24-14-16-26-58(56)52-60/h13-54H,1-12H3. The molecule has 4 heteroatoms. The molecular weight excluding hydrogens is 1140 g/mol. The smallest absolute Gasteiger partial charge is 0.0641 e. The second-order valence-electron chi connectivity index (χ2n) is 30.6. The number of rotatable bonds is 8. The summed E-state index contributed by atoms with van der Waals surface area (Å²) < 4.78 is 5.33. The Bertz CT molecular complexity index is 5520. The van der Waals surface area contributed by atoms with E-state index in [1.165, 1.54) is 142 Å². The molecule has 0 aliphatic heterocycles. The van der Waals surface area contributed by atoms with E-state index in [1.807, 2.05) is 0 Å². The summed E-state index contributed by atoms with van der Waals surface area (Å²) >= 11 is 0. The predicted octanol–water partition coefficient (Wildman–Crippen LogP) is 25.8. The molecule has 4 nitrogen and oxygen atoms in total. The van der Waals surface area contributed by atoms with Crippen molar-refractivity contribution >= 4 is 132 Å². The first-order chi connectivity index (χ1) is 45.2. The van der Waals surface area contributed by atoms with Gasteiger partial charge in [0.05, 0.1) is 55.8 Å². The third-order valence-electron chi connectivity index (χ3n) is 20.5. The zero-order chi connectivity index (χ0) is 64.5. The number of hydrogen-bond acceptors (Lipinski definition) is 2. The van der Waals surface area contributed by atoms with Crippen LogP contribution in [0.2, 0.25) is 0 Å². The van der Waals surface area contributed by atoms with Crippen molar-refractivity contribution < 1.29 is 0 Å². The molecule has 0 atom stereocenters. The first-order valence-electron chi connectivity index (χ1n) is 33.6. The summed E-state index contributed by atoms with van der Waals surface area (Å²) in [4.78, 5) is 5.11. The second-order valence-corrected chi connectivity index (χ2v) is 30.6. The van der Waals surface area contributed by atoms with Crippen LogP contribution in [0.5, 0.6) is 0 Å². The van der Waals surface area contributed by atoms with Crippen LogP contribution in [0.25, 0.3) is 120 Å². The fourth-order valence-electron chi connectivity index (χ4n) is 15.8. The van der Waals surface area contributed by atoms with Gasteiger partial charge in [-0.3, -0.25) is 0 Å². The van der Waals surface area contributed by atoms with Crippen LogP contribution in [-0.2, 0) is 21.7 Å². The van der Waals surface area contributed by atoms with Crippen LogP contribution in [0, 0.1) is 0 Å². The Morgan fingerprint density at radius 1 is 0.255 bits per heavy atom. The van der Waals surface area contributed by atoms with Gasteiger partial charge in [-0.25, -0.2) is 0 Å². The minimum atomic E-state index is -0.174. The molecule has 0 saturated heterocycles. The molecule has 458 valence electrons. The lowest BCUT2D eigenvalue weighted by Gasteiger charge is -2.30. The highest BCUT2D eigenvalue weighted by molar-refractivity contribution is 6.33. The van der Waals surface area contributed by atoms with E-state index in [2.05, 4.69) is 356 Å². The number of para-hydroxylation sites is 4. The van der Waals surface area contributed by atoms with Crippen LogP contribution in [0.3, 0.4) is 0 Å². The zero-order valence-electron chi connectivity index (χ0n) is 56.0. The van der Waals surface area contributed by atoms with Gasteiger partial charge in [0.15, 0.2) is 0 Å². The van der Waals surface area contributed by atoms with Crippen LogP contribution >= 0.6 is 0 Å². The molecule has 0 saturated carbocycles. The molecule has 0 aliphatic rings. The molecule has 0 amide bonds. The van der Waals surface area contributed by atoms with Crippen LogP contribution in [-0.4, -0.2) is 8.80 Å². The molecule has 0 unspecified atom stereocenters. The maximum Gasteiger partial charge on any atom is 0.0641 e. The molecular formula is C90H78N4. The Hall–Kier alpha value is -10.4. The summed E-state index contributed by atoms with van der Waals surface area (Å²) in [6.45, 7) is 28.1. The van der Waals surface area contributed by atoms with Crippen molar-refractivity contribution in [3.05, 3.63) is 277 Å². The molecule has 0 N–H and O–H groups in total. The number of fused-ring (bicyclic) bond motifs is 14. The Kier molecular flexibility index (Phi) is 12.6. The van der Waals surface area contributed by atoms with E-state index in [1.54, 1.807) is 0 Å². The van der Waals surface area contributed by atoms with Gasteiger partial charge in [0.25, 0.3) is 0 Å². The zero-order valence-corrected chi connectivity index (χ0v) is 56.0. The van der Waals surface area contributed by atoms with E-state index in [0.717, 1.165) is 34.1 Å². The summed E-state index contributed by atoms with van der Waals surface area (Å²) in [5.74, 6) is 0. The molecule has 94 heavy (non-hydrogen) atoms. The van der Waals surface area contributed by atoms with E-state index < -0.39 is 0 Å². The van der Waals surface area contributed by atoms with Crippen LogP contribution in [0.4, 0.5) is 34.1 Å². The summed E-state index contributed by atoms with van der Waals surface area (Å²) in [5, 5.41) is 14.9. The Morgan fingerprint density at radius 3 is 1.01 bits per heavy atom. The first-order valence-corrected chi connectivity index (χ1v) is 33.6. The number of anilines is 6. The summed E-state index contributed by atoms with van der Waals surface area (Å²) in [6, 6.07) is 97.1. The van der Waals surface area contributed by atoms with Crippen molar-refractivity contribution in [1.29, 1.82) is 0 Å². The third-order valence-corrected chi connectivity index (χ3v) is 20.5. The van der Waals surface area contributed by atoms with Gasteiger partial charge in [0, 0.05) is 65.6 Å². The van der Waals surface area contributed by atoms with Crippen molar-refractivity contribution in [2.45, 2.75) is 105 Å². The molecule has 17 aromatic rings. The van der Waals surface area contributed by atoms with Gasteiger partial charge < -0.3 is 18.6 Å². The average Bonchev–Trinajstić information content (AvgIpc) is 1.51. The molecule has 0 fully saturated rings. The quantitative estimate of drug-likeness (QED) is 0.151. The van der Waals surface area contributed by atoms with Crippen molar-refractivity contribution in [1.82, 2.24) is 8.80 Å². The number of nitrogens with zero attached hydrogens (tertiary/aromatic N) is 4. The van der Waals surface area contributed by atoms with E-state index in [9.17, 15) is 0 Å². The Morgan fingerprint density at radius 2 is 0.628 bits per heavy atom. The maximum absolute atomic E-state index is 2.67. The van der Waals surface area contributed by atoms with Gasteiger partial charge in [-0.15, -0.1) is 0 Å². The van der Waals surface area contributed by atoms with E-state index >= 15 is 0 Å². The molecule has 4 aromatic heterocycles. The number of benzene rings is 13. The fourth-order valence-corrected chi connectivity index (χ4v) is 15.8. The lowest BCUT2D eigenvalue weighted by Crippen LogP contribution is -2.14. The third kappa shape index (κ3) is 8.78. The highest BCUT2D eigenvalue weighted by Crippen LogP contribution is 2.55. The summed E-state index contributed by atoms with van der Waals surface area (Å²) in [6.07, 6.45) is 0.